The summed E-state index contributed by atoms with van der Waals surface area (Å²) < 4.78 is 0. The first kappa shape index (κ1) is 25.6. The Morgan fingerprint density at radius 1 is 1.12 bits per heavy atom. The molecule has 178 valence electrons. The molecule has 8 nitrogen and oxygen atoms in total. The maximum absolute atomic E-state index is 13.2. The summed E-state index contributed by atoms with van der Waals surface area (Å²) in [4.78, 5) is 36.7. The molecule has 2 heterocycles. The number of carbonyl (C=O) groups excluding carboxylic acids is 2. The topological polar surface area (TPSA) is 113 Å². The van der Waals surface area contributed by atoms with Crippen molar-refractivity contribution >= 4 is 46.6 Å². The smallest absolute Gasteiger partial charge is 0.258 e. The molecule has 0 radical (unpaired) electrons. The molecule has 3 aromatic rings. The van der Waals surface area contributed by atoms with Crippen molar-refractivity contribution in [3.8, 4) is 0 Å². The number of nitrogens with zero attached hydrogens (tertiary/aromatic N) is 3. The van der Waals surface area contributed by atoms with Gasteiger partial charge in [-0.05, 0) is 68.2 Å². The maximum Gasteiger partial charge on any atom is 0.258 e. The number of ketones is 1. The summed E-state index contributed by atoms with van der Waals surface area (Å²) in [5.41, 5.74) is 7.55. The summed E-state index contributed by atoms with van der Waals surface area (Å²) in [6, 6.07) is 13.6. The number of amides is 1. The molecule has 0 fully saturated rings. The highest BCUT2D eigenvalue weighted by Crippen LogP contribution is 2.37. The number of likely N-dealkylation sites (N-methyl/N-ethyl adjacent to an activating group) is 1. The van der Waals surface area contributed by atoms with E-state index in [4.69, 9.17) is 17.3 Å². The maximum atomic E-state index is 13.2. The number of halogens is 1. The van der Waals surface area contributed by atoms with Gasteiger partial charge in [-0.25, -0.2) is 9.97 Å². The van der Waals surface area contributed by atoms with Crippen molar-refractivity contribution < 1.29 is 9.59 Å². The van der Waals surface area contributed by atoms with E-state index in [1.807, 2.05) is 19.0 Å². The number of nitrogens with two attached hydrogens (primary N) is 1. The van der Waals surface area contributed by atoms with Crippen molar-refractivity contribution in [1.29, 1.82) is 0 Å². The van der Waals surface area contributed by atoms with Crippen molar-refractivity contribution in [3.05, 3.63) is 77.1 Å². The molecule has 0 bridgehead atoms. The summed E-state index contributed by atoms with van der Waals surface area (Å²) in [5, 5.41) is 6.43. The molecular weight excluding hydrogens is 472 g/mol. The zero-order valence-electron chi connectivity index (χ0n) is 19.0. The van der Waals surface area contributed by atoms with Gasteiger partial charge in [0.1, 0.15) is 10.8 Å². The fourth-order valence-electron chi connectivity index (χ4n) is 3.06. The molecule has 10 heteroatoms. The predicted molar refractivity (Wildman–Crippen MR) is 137 cm³/mol. The number of nitrogens with one attached hydrogen (secondary N) is 2. The lowest BCUT2D eigenvalue weighted by molar-refractivity contribution is -0.117. The van der Waals surface area contributed by atoms with Gasteiger partial charge in [0.05, 0.1) is 17.4 Å². The standard InChI is InChI=1S/C24H27ClN6O2S/c1-31(2)13-12-27-15-20(32)22(16-9-11-28-21(26)14-16)34-24-19(4-3-10-29-24)23(33)30-18-7-5-17(25)6-8-18/h3-11,14,22,27H,12-13,15H2,1-2H3,(H2,26,28)(H,30,33). The Bertz CT molecular complexity index is 1130. The lowest BCUT2D eigenvalue weighted by Gasteiger charge is -2.18. The van der Waals surface area contributed by atoms with E-state index in [9.17, 15) is 9.59 Å². The molecule has 3 rings (SSSR count). The number of thioether (sulfide) groups is 1. The van der Waals surface area contributed by atoms with Gasteiger partial charge in [-0.2, -0.15) is 0 Å². The molecule has 1 aromatic carbocycles. The minimum absolute atomic E-state index is 0.0518. The van der Waals surface area contributed by atoms with Crippen LogP contribution in [0.4, 0.5) is 11.5 Å². The third-order valence-corrected chi connectivity index (χ3v) is 6.35. The normalized spacial score (nSPS) is 11.9. The molecule has 0 aliphatic heterocycles. The number of Topliss-reactive ketones (excluding diaryl/α,β-unsaturated/α-hetero) is 1. The third kappa shape index (κ3) is 7.53. The number of nitrogen functional groups attached to an aromatic ring is 1. The van der Waals surface area contributed by atoms with Gasteiger partial charge < -0.3 is 21.3 Å². The molecule has 1 amide bonds. The lowest BCUT2D eigenvalue weighted by atomic mass is 10.1. The summed E-state index contributed by atoms with van der Waals surface area (Å²) in [6.07, 6.45) is 3.16. The average molecular weight is 499 g/mol. The summed E-state index contributed by atoms with van der Waals surface area (Å²) in [6.45, 7) is 1.66. The van der Waals surface area contributed by atoms with Crippen LogP contribution in [0.15, 0.2) is 66.0 Å². The monoisotopic (exact) mass is 498 g/mol. The molecule has 4 N–H and O–H groups in total. The SMILES string of the molecule is CN(C)CCNCC(=O)C(Sc1ncccc1C(=O)Nc1ccc(Cl)cc1)c1ccnc(N)c1. The van der Waals surface area contributed by atoms with Crippen LogP contribution in [0.3, 0.4) is 0 Å². The molecule has 2 aromatic heterocycles. The van der Waals surface area contributed by atoms with E-state index in [-0.39, 0.29) is 18.2 Å². The predicted octanol–water partition coefficient (Wildman–Crippen LogP) is 3.52. The van der Waals surface area contributed by atoms with Crippen LogP contribution in [-0.4, -0.2) is 60.3 Å². The zero-order valence-corrected chi connectivity index (χ0v) is 20.6. The van der Waals surface area contributed by atoms with Gasteiger partial charge >= 0.3 is 0 Å². The van der Waals surface area contributed by atoms with Crippen molar-refractivity contribution in [2.75, 3.05) is 44.8 Å². The van der Waals surface area contributed by atoms with Gasteiger partial charge in [0.25, 0.3) is 5.91 Å². The molecule has 0 aliphatic rings. The fraction of sp³-hybridized carbons (Fsp3) is 0.250. The van der Waals surface area contributed by atoms with Crippen LogP contribution in [0, 0.1) is 0 Å². The molecule has 0 saturated heterocycles. The van der Waals surface area contributed by atoms with Gasteiger partial charge in [0, 0.05) is 36.2 Å². The highest BCUT2D eigenvalue weighted by Gasteiger charge is 2.25. The fourth-order valence-corrected chi connectivity index (χ4v) is 4.31. The number of anilines is 2. The van der Waals surface area contributed by atoms with Gasteiger partial charge in [-0.3, -0.25) is 9.59 Å². The minimum atomic E-state index is -0.617. The second-order valence-electron chi connectivity index (χ2n) is 7.78. The van der Waals surface area contributed by atoms with Crippen LogP contribution in [0.1, 0.15) is 21.2 Å². The Hall–Kier alpha value is -2.98. The van der Waals surface area contributed by atoms with E-state index in [2.05, 4.69) is 20.6 Å². The third-order valence-electron chi connectivity index (χ3n) is 4.78. The Kier molecular flexibility index (Phi) is 9.41. The molecule has 1 atom stereocenters. The molecule has 0 aliphatic carbocycles. The first-order valence-electron chi connectivity index (χ1n) is 10.6. The van der Waals surface area contributed by atoms with Crippen LogP contribution in [0.2, 0.25) is 5.02 Å². The van der Waals surface area contributed by atoms with Crippen molar-refractivity contribution in [2.24, 2.45) is 0 Å². The average Bonchev–Trinajstić information content (AvgIpc) is 2.81. The number of pyridine rings is 2. The van der Waals surface area contributed by atoms with E-state index in [0.29, 0.717) is 39.2 Å². The minimum Gasteiger partial charge on any atom is -0.384 e. The second-order valence-corrected chi connectivity index (χ2v) is 9.31. The number of hydrogen-bond acceptors (Lipinski definition) is 8. The quantitative estimate of drug-likeness (QED) is 0.272. The summed E-state index contributed by atoms with van der Waals surface area (Å²) in [7, 11) is 3.94. The van der Waals surface area contributed by atoms with E-state index in [0.717, 1.165) is 6.54 Å². The first-order valence-corrected chi connectivity index (χ1v) is 11.9. The molecule has 34 heavy (non-hydrogen) atoms. The van der Waals surface area contributed by atoms with E-state index in [1.54, 1.807) is 60.9 Å². The first-order chi connectivity index (χ1) is 16.3. The zero-order chi connectivity index (χ0) is 24.5. The van der Waals surface area contributed by atoms with Crippen LogP contribution in [0.25, 0.3) is 0 Å². The molecular formula is C24H27ClN6O2S. The Morgan fingerprint density at radius 3 is 2.59 bits per heavy atom. The molecule has 0 saturated carbocycles. The number of aromatic nitrogens is 2. The van der Waals surface area contributed by atoms with Crippen LogP contribution < -0.4 is 16.4 Å². The van der Waals surface area contributed by atoms with Gasteiger partial charge in [-0.1, -0.05) is 23.4 Å². The van der Waals surface area contributed by atoms with Crippen molar-refractivity contribution in [3.63, 3.8) is 0 Å². The van der Waals surface area contributed by atoms with Crippen LogP contribution in [-0.2, 0) is 4.79 Å². The number of rotatable bonds is 11. The van der Waals surface area contributed by atoms with E-state index in [1.165, 1.54) is 11.8 Å². The summed E-state index contributed by atoms with van der Waals surface area (Å²) in [5.74, 6) is -0.0651. The number of benzene rings is 1. The highest BCUT2D eigenvalue weighted by molar-refractivity contribution is 8.00. The Morgan fingerprint density at radius 2 is 1.88 bits per heavy atom. The van der Waals surface area contributed by atoms with Gasteiger partial charge in [-0.15, -0.1) is 0 Å². The largest absolute Gasteiger partial charge is 0.384 e. The highest BCUT2D eigenvalue weighted by atomic mass is 35.5. The van der Waals surface area contributed by atoms with Crippen LogP contribution in [0.5, 0.6) is 0 Å². The van der Waals surface area contributed by atoms with E-state index < -0.39 is 5.25 Å². The number of hydrogen-bond donors (Lipinski definition) is 3. The van der Waals surface area contributed by atoms with Crippen molar-refractivity contribution in [1.82, 2.24) is 20.2 Å². The van der Waals surface area contributed by atoms with Crippen molar-refractivity contribution in [2.45, 2.75) is 10.3 Å². The van der Waals surface area contributed by atoms with Gasteiger partial charge in [0.15, 0.2) is 5.78 Å². The van der Waals surface area contributed by atoms with Gasteiger partial charge in [0.2, 0.25) is 0 Å². The molecule has 1 unspecified atom stereocenters. The lowest BCUT2D eigenvalue weighted by Crippen LogP contribution is -2.32. The van der Waals surface area contributed by atoms with E-state index >= 15 is 0 Å². The summed E-state index contributed by atoms with van der Waals surface area (Å²) >= 11 is 7.14. The number of carbonyl (C=O) groups is 2. The Labute approximate surface area is 208 Å². The molecule has 0 spiro atoms. The Balaban J connectivity index is 1.82. The van der Waals surface area contributed by atoms with Crippen LogP contribution >= 0.6 is 23.4 Å². The second kappa shape index (κ2) is 12.5.